The van der Waals surface area contributed by atoms with E-state index in [4.69, 9.17) is 16.1 Å². The maximum Gasteiger partial charge on any atom is 0.319 e. The number of fused-ring (bicyclic) bond motifs is 5. The molecule has 4 aliphatic rings. The Balaban J connectivity index is 1.27. The zero-order valence-corrected chi connectivity index (χ0v) is 24.8. The number of terminal acetylenes is 1. The Bertz CT molecular complexity index is 1870. The molecule has 45 heavy (non-hydrogen) atoms. The van der Waals surface area contributed by atoms with Gasteiger partial charge in [0.05, 0.1) is 11.1 Å². The molecule has 2 N–H and O–H groups in total. The third-order valence-corrected chi connectivity index (χ3v) is 10.2. The molecule has 4 atom stereocenters. The third-order valence-electron chi connectivity index (χ3n) is 10.2. The minimum atomic E-state index is -0.905. The second-order valence-corrected chi connectivity index (χ2v) is 13.1. The largest absolute Gasteiger partial charge is 0.508 e. The highest BCUT2D eigenvalue weighted by Gasteiger charge is 2.49. The van der Waals surface area contributed by atoms with Gasteiger partial charge in [-0.1, -0.05) is 24.5 Å². The number of hydrogen-bond acceptors (Lipinski definition) is 7. The van der Waals surface area contributed by atoms with Crippen LogP contribution in [0.15, 0.2) is 36.4 Å². The fourth-order valence-electron chi connectivity index (χ4n) is 8.24. The van der Waals surface area contributed by atoms with Crippen LogP contribution in [0.2, 0.25) is 0 Å². The minimum absolute atomic E-state index is 0.00939. The van der Waals surface area contributed by atoms with E-state index in [-0.39, 0.29) is 40.6 Å². The molecule has 0 radical (unpaired) electrons. The average molecular weight is 614 g/mol. The molecule has 8 rings (SSSR count). The molecule has 1 aromatic heterocycles. The van der Waals surface area contributed by atoms with Gasteiger partial charge in [0, 0.05) is 54.5 Å². The van der Waals surface area contributed by atoms with E-state index in [1.54, 1.807) is 12.1 Å². The summed E-state index contributed by atoms with van der Waals surface area (Å²) in [7, 11) is 0. The number of halogens is 3. The lowest BCUT2D eigenvalue weighted by molar-refractivity contribution is 0.107. The number of benzene rings is 3. The maximum atomic E-state index is 16.9. The van der Waals surface area contributed by atoms with Gasteiger partial charge in [-0.05, 0) is 67.4 Å². The molecular weight excluding hydrogens is 579 g/mol. The number of ether oxygens (including phenoxy) is 1. The number of piperidine rings is 1. The fourth-order valence-corrected chi connectivity index (χ4v) is 8.24. The second-order valence-electron chi connectivity index (χ2n) is 13.1. The summed E-state index contributed by atoms with van der Waals surface area (Å²) in [5.74, 6) is 1.63. The van der Waals surface area contributed by atoms with Gasteiger partial charge in [-0.25, -0.2) is 13.2 Å². The minimum Gasteiger partial charge on any atom is -0.508 e. The number of piperazine rings is 1. The van der Waals surface area contributed by atoms with Gasteiger partial charge < -0.3 is 20.1 Å². The summed E-state index contributed by atoms with van der Waals surface area (Å²) in [6.07, 6.45) is 10.3. The molecule has 3 aromatic carbocycles. The van der Waals surface area contributed by atoms with Crippen LogP contribution >= 0.6 is 0 Å². The molecule has 0 amide bonds. The fraction of sp³-hybridized carbons (Fsp3) is 0.429. The van der Waals surface area contributed by atoms with Crippen molar-refractivity contribution in [3.05, 3.63) is 53.6 Å². The molecule has 2 bridgehead atoms. The zero-order chi connectivity index (χ0) is 30.9. The summed E-state index contributed by atoms with van der Waals surface area (Å²) in [4.78, 5) is 13.8. The lowest BCUT2D eigenvalue weighted by atomic mass is 9.92. The van der Waals surface area contributed by atoms with Gasteiger partial charge in [-0.15, -0.1) is 6.42 Å². The van der Waals surface area contributed by atoms with E-state index in [1.807, 2.05) is 0 Å². The number of phenols is 1. The topological polar surface area (TPSA) is 73.8 Å². The van der Waals surface area contributed by atoms with E-state index in [9.17, 15) is 13.9 Å². The van der Waals surface area contributed by atoms with Gasteiger partial charge in [0.1, 0.15) is 35.7 Å². The van der Waals surface area contributed by atoms with Crippen molar-refractivity contribution < 1.29 is 23.0 Å². The summed E-state index contributed by atoms with van der Waals surface area (Å²) in [5, 5.41) is 15.6. The molecule has 4 saturated heterocycles. The predicted octanol–water partition coefficient (Wildman–Crippen LogP) is 5.70. The van der Waals surface area contributed by atoms with Gasteiger partial charge in [-0.2, -0.15) is 9.97 Å². The molecule has 7 nitrogen and oxygen atoms in total. The SMILES string of the molecule is C#Cc1c(F)ccc2cc(O)cc(-c3ccc4c(N5CC6CCCC(C5)N6)nc(OC[C@@]56CCCN5C[C@H](F)C6)nc4c3F)c12. The first-order valence-corrected chi connectivity index (χ1v) is 15.8. The number of nitrogens with zero attached hydrogens (tertiary/aromatic N) is 4. The number of aromatic nitrogens is 2. The number of phenolic OH excluding ortho intramolecular Hbond substituents is 1. The van der Waals surface area contributed by atoms with Gasteiger partial charge in [-0.3, -0.25) is 4.90 Å². The molecule has 10 heteroatoms. The summed E-state index contributed by atoms with van der Waals surface area (Å²) >= 11 is 0. The van der Waals surface area contributed by atoms with E-state index in [0.717, 1.165) is 32.2 Å². The molecule has 5 heterocycles. The Morgan fingerprint density at radius 2 is 1.87 bits per heavy atom. The lowest BCUT2D eigenvalue weighted by Crippen LogP contribution is -2.59. The summed E-state index contributed by atoms with van der Waals surface area (Å²) in [6.45, 7) is 2.87. The lowest BCUT2D eigenvalue weighted by Gasteiger charge is -2.43. The predicted molar refractivity (Wildman–Crippen MR) is 167 cm³/mol. The first-order valence-electron chi connectivity index (χ1n) is 15.8. The number of anilines is 1. The smallest absolute Gasteiger partial charge is 0.319 e. The molecular formula is C35H34F3N5O2. The molecule has 2 unspecified atom stereocenters. The Hall–Kier alpha value is -4.07. The van der Waals surface area contributed by atoms with Crippen LogP contribution in [0, 0.1) is 24.0 Å². The molecule has 0 spiro atoms. The Kier molecular flexibility index (Phi) is 6.80. The van der Waals surface area contributed by atoms with Gasteiger partial charge in [0.2, 0.25) is 0 Å². The van der Waals surface area contributed by atoms with E-state index < -0.39 is 23.3 Å². The summed E-state index contributed by atoms with van der Waals surface area (Å²) in [6, 6.07) is 9.65. The van der Waals surface area contributed by atoms with Crippen molar-refractivity contribution in [1.82, 2.24) is 20.2 Å². The van der Waals surface area contributed by atoms with Gasteiger partial charge in [0.25, 0.3) is 0 Å². The second kappa shape index (κ2) is 10.8. The van der Waals surface area contributed by atoms with Gasteiger partial charge in [0.15, 0.2) is 5.82 Å². The van der Waals surface area contributed by atoms with Crippen LogP contribution in [-0.2, 0) is 0 Å². The number of hydrogen-bond donors (Lipinski definition) is 2. The van der Waals surface area contributed by atoms with Crippen LogP contribution < -0.4 is 15.0 Å². The van der Waals surface area contributed by atoms with Crippen LogP contribution in [0.4, 0.5) is 19.0 Å². The molecule has 0 saturated carbocycles. The van der Waals surface area contributed by atoms with Crippen LogP contribution in [0.5, 0.6) is 11.8 Å². The number of aromatic hydroxyl groups is 1. The Morgan fingerprint density at radius 1 is 1.04 bits per heavy atom. The van der Waals surface area contributed by atoms with Crippen molar-refractivity contribution in [3.8, 4) is 35.2 Å². The van der Waals surface area contributed by atoms with Crippen molar-refractivity contribution in [2.24, 2.45) is 0 Å². The van der Waals surface area contributed by atoms with E-state index >= 15 is 4.39 Å². The van der Waals surface area contributed by atoms with E-state index in [2.05, 4.69) is 26.0 Å². The Morgan fingerprint density at radius 3 is 2.67 bits per heavy atom. The van der Waals surface area contributed by atoms with Crippen molar-refractivity contribution >= 4 is 27.5 Å². The van der Waals surface area contributed by atoms with Gasteiger partial charge >= 0.3 is 6.01 Å². The standard InChI is InChI=1S/C35H34F3N5O2/c1-2-25-29(37)10-7-20-13-24(44)14-28(30(20)25)26-8-9-27-32(31(26)38)40-34(45-19-35-11-4-12-43(35)16-21(36)15-35)41-33(27)42-17-22-5-3-6-23(18-42)39-22/h1,7-10,13-14,21-23,39,44H,3-6,11-12,15-19H2/t21-,22?,23?,35+/m1/s1. The van der Waals surface area contributed by atoms with Crippen molar-refractivity contribution in [3.63, 3.8) is 0 Å². The maximum absolute atomic E-state index is 16.9. The zero-order valence-electron chi connectivity index (χ0n) is 24.8. The quantitative estimate of drug-likeness (QED) is 0.280. The van der Waals surface area contributed by atoms with Crippen molar-refractivity contribution in [1.29, 1.82) is 0 Å². The highest BCUT2D eigenvalue weighted by Crippen LogP contribution is 2.42. The third kappa shape index (κ3) is 4.75. The molecule has 4 aromatic rings. The summed E-state index contributed by atoms with van der Waals surface area (Å²) < 4.78 is 52.4. The summed E-state index contributed by atoms with van der Waals surface area (Å²) in [5.41, 5.74) is 0.0128. The molecule has 232 valence electrons. The first-order chi connectivity index (χ1) is 21.8. The van der Waals surface area contributed by atoms with E-state index in [1.165, 1.54) is 30.7 Å². The van der Waals surface area contributed by atoms with Crippen molar-refractivity contribution in [2.45, 2.75) is 62.3 Å². The highest BCUT2D eigenvalue weighted by molar-refractivity contribution is 6.04. The highest BCUT2D eigenvalue weighted by atomic mass is 19.1. The molecule has 0 aliphatic carbocycles. The normalized spacial score (nSPS) is 26.4. The molecule has 4 fully saturated rings. The van der Waals surface area contributed by atoms with Crippen LogP contribution in [0.3, 0.4) is 0 Å². The average Bonchev–Trinajstić information content (AvgIpc) is 3.55. The van der Waals surface area contributed by atoms with Crippen LogP contribution in [-0.4, -0.2) is 76.6 Å². The first kappa shape index (κ1) is 28.4. The van der Waals surface area contributed by atoms with Crippen LogP contribution in [0.25, 0.3) is 32.8 Å². The number of nitrogens with one attached hydrogen (secondary N) is 1. The van der Waals surface area contributed by atoms with Crippen molar-refractivity contribution in [2.75, 3.05) is 37.7 Å². The van der Waals surface area contributed by atoms with Crippen LogP contribution in [0.1, 0.15) is 44.1 Å². The number of alkyl halides is 1. The number of rotatable bonds is 5. The Labute approximate surface area is 259 Å². The molecule has 4 aliphatic heterocycles. The van der Waals surface area contributed by atoms with E-state index in [0.29, 0.717) is 60.1 Å². The monoisotopic (exact) mass is 613 g/mol.